The lowest BCUT2D eigenvalue weighted by atomic mass is 9.98. The van der Waals surface area contributed by atoms with Crippen LogP contribution in [0.5, 0.6) is 0 Å². The first-order valence-corrected chi connectivity index (χ1v) is 21.3. The van der Waals surface area contributed by atoms with Gasteiger partial charge in [-0.15, -0.1) is 22.7 Å². The molecule has 2 nitrogen and oxygen atoms in total. The second-order valence-corrected chi connectivity index (χ2v) is 17.0. The summed E-state index contributed by atoms with van der Waals surface area (Å²) in [7, 11) is 0. The van der Waals surface area contributed by atoms with Crippen LogP contribution in [0.2, 0.25) is 0 Å². The molecule has 9 aromatic carbocycles. The first-order chi connectivity index (χ1) is 28.8. The number of hydrogen-bond donors (Lipinski definition) is 0. The quantitative estimate of drug-likeness (QED) is 0.163. The number of thiophene rings is 2. The van der Waals surface area contributed by atoms with E-state index in [2.05, 4.69) is 216 Å². The number of aromatic nitrogens is 1. The average Bonchev–Trinajstić information content (AvgIpc) is 3.98. The van der Waals surface area contributed by atoms with Gasteiger partial charge in [0.05, 0.1) is 28.1 Å². The van der Waals surface area contributed by atoms with Crippen molar-refractivity contribution >= 4 is 102 Å². The first kappa shape index (κ1) is 33.2. The summed E-state index contributed by atoms with van der Waals surface area (Å²) in [5, 5.41) is 7.54. The van der Waals surface area contributed by atoms with Crippen molar-refractivity contribution in [1.82, 2.24) is 4.57 Å². The maximum atomic E-state index is 2.58. The van der Waals surface area contributed by atoms with Gasteiger partial charge < -0.3 is 9.47 Å². The van der Waals surface area contributed by atoms with Crippen LogP contribution in [0, 0.1) is 0 Å². The van der Waals surface area contributed by atoms with Crippen LogP contribution in [-0.2, 0) is 0 Å². The Hall–Kier alpha value is -6.98. The summed E-state index contributed by atoms with van der Waals surface area (Å²) in [6.45, 7) is 0. The molecule has 0 atom stereocenters. The fraction of sp³-hybridized carbons (Fsp3) is 0. The van der Waals surface area contributed by atoms with Crippen molar-refractivity contribution in [3.63, 3.8) is 0 Å². The first-order valence-electron chi connectivity index (χ1n) is 19.7. The Morgan fingerprint density at radius 2 is 0.948 bits per heavy atom. The van der Waals surface area contributed by atoms with Crippen LogP contribution in [-0.4, -0.2) is 4.57 Å². The minimum Gasteiger partial charge on any atom is -0.309 e. The molecule has 12 rings (SSSR count). The van der Waals surface area contributed by atoms with E-state index in [1.165, 1.54) is 95.8 Å². The largest absolute Gasteiger partial charge is 0.309 e. The van der Waals surface area contributed by atoms with Crippen LogP contribution in [0.4, 0.5) is 17.1 Å². The summed E-state index contributed by atoms with van der Waals surface area (Å²) >= 11 is 3.77. The van der Waals surface area contributed by atoms with Crippen LogP contribution < -0.4 is 4.90 Å². The van der Waals surface area contributed by atoms with Crippen LogP contribution in [0.1, 0.15) is 0 Å². The zero-order valence-corrected chi connectivity index (χ0v) is 33.0. The highest BCUT2D eigenvalue weighted by Crippen LogP contribution is 2.53. The molecule has 0 aliphatic heterocycles. The molecular formula is C54H34N2S2. The summed E-state index contributed by atoms with van der Waals surface area (Å²) in [6, 6.07) is 75.6. The Balaban J connectivity index is 1.23. The third kappa shape index (κ3) is 5.09. The smallest absolute Gasteiger partial charge is 0.0562 e. The molecule has 12 aromatic rings. The van der Waals surface area contributed by atoms with E-state index in [0.717, 1.165) is 11.4 Å². The van der Waals surface area contributed by atoms with Crippen molar-refractivity contribution in [2.75, 3.05) is 4.90 Å². The molecule has 0 unspecified atom stereocenters. The van der Waals surface area contributed by atoms with Gasteiger partial charge in [-0.2, -0.15) is 0 Å². The minimum atomic E-state index is 1.15. The van der Waals surface area contributed by atoms with Crippen molar-refractivity contribution in [2.45, 2.75) is 0 Å². The molecule has 3 heterocycles. The molecule has 0 fully saturated rings. The number of hydrogen-bond acceptors (Lipinski definition) is 3. The van der Waals surface area contributed by atoms with Crippen LogP contribution in [0.25, 0.3) is 90.1 Å². The van der Waals surface area contributed by atoms with Crippen LogP contribution in [0.3, 0.4) is 0 Å². The van der Waals surface area contributed by atoms with Gasteiger partial charge in [0.2, 0.25) is 0 Å². The van der Waals surface area contributed by atoms with Crippen molar-refractivity contribution in [3.05, 3.63) is 206 Å². The number of para-hydroxylation sites is 2. The molecular weight excluding hydrogens is 741 g/mol. The molecule has 4 heteroatoms. The number of nitrogens with zero attached hydrogens (tertiary/aromatic N) is 2. The molecule has 0 saturated carbocycles. The predicted molar refractivity (Wildman–Crippen MR) is 252 cm³/mol. The van der Waals surface area contributed by atoms with Crippen molar-refractivity contribution in [2.24, 2.45) is 0 Å². The van der Waals surface area contributed by atoms with E-state index in [1.54, 1.807) is 0 Å². The zero-order valence-electron chi connectivity index (χ0n) is 31.3. The summed E-state index contributed by atoms with van der Waals surface area (Å²) in [4.78, 5) is 2.58. The molecule has 0 N–H and O–H groups in total. The molecule has 0 bridgehead atoms. The second-order valence-electron chi connectivity index (χ2n) is 14.8. The highest BCUT2D eigenvalue weighted by atomic mass is 32.1. The standard InChI is InChI=1S/C54H34N2S2/c1-4-16-35(17-5-1)37-30-31-42-50(34-37)58-54-39(36-18-6-2-7-19-36)32-33-47(53(42)54)56(46-27-15-29-49-52(46)41-23-11-13-28-48(41)57-49)45-26-14-25-44-51(45)40-22-10-12-24-43(40)55(44)38-20-8-3-9-21-38/h1-34H. The predicted octanol–water partition coefficient (Wildman–Crippen LogP) is 16.3. The zero-order chi connectivity index (χ0) is 38.2. The van der Waals surface area contributed by atoms with Gasteiger partial charge in [-0.05, 0) is 82.9 Å². The molecule has 0 aliphatic carbocycles. The van der Waals surface area contributed by atoms with Gasteiger partial charge in [0.1, 0.15) is 0 Å². The third-order valence-corrected chi connectivity index (χ3v) is 13.9. The molecule has 0 spiro atoms. The molecule has 0 amide bonds. The van der Waals surface area contributed by atoms with Crippen molar-refractivity contribution < 1.29 is 0 Å². The second kappa shape index (κ2) is 13.3. The van der Waals surface area contributed by atoms with Crippen molar-refractivity contribution in [3.8, 4) is 27.9 Å². The normalized spacial score (nSPS) is 11.8. The lowest BCUT2D eigenvalue weighted by molar-refractivity contribution is 1.18. The Morgan fingerprint density at radius 1 is 0.345 bits per heavy atom. The van der Waals surface area contributed by atoms with Crippen LogP contribution >= 0.6 is 22.7 Å². The maximum Gasteiger partial charge on any atom is 0.0562 e. The topological polar surface area (TPSA) is 8.17 Å². The lowest BCUT2D eigenvalue weighted by Crippen LogP contribution is -2.11. The van der Waals surface area contributed by atoms with Crippen LogP contribution in [0.15, 0.2) is 206 Å². The van der Waals surface area contributed by atoms with Gasteiger partial charge >= 0.3 is 0 Å². The lowest BCUT2D eigenvalue weighted by Gasteiger charge is -2.29. The van der Waals surface area contributed by atoms with E-state index < -0.39 is 0 Å². The SMILES string of the molecule is c1ccc(-c2ccc3c(c2)sc2c(-c4ccccc4)ccc(N(c4cccc5sc6ccccc6c45)c4cccc5c4c4ccccc4n5-c4ccccc4)c23)cc1. The summed E-state index contributed by atoms with van der Waals surface area (Å²) in [5.74, 6) is 0. The van der Waals surface area contributed by atoms with E-state index in [0.29, 0.717) is 0 Å². The maximum absolute atomic E-state index is 2.58. The fourth-order valence-corrected chi connectivity index (χ4v) is 11.5. The monoisotopic (exact) mass is 774 g/mol. The molecule has 272 valence electrons. The van der Waals surface area contributed by atoms with Gasteiger partial charge in [-0.25, -0.2) is 0 Å². The number of fused-ring (bicyclic) bond motifs is 9. The van der Waals surface area contributed by atoms with E-state index in [9.17, 15) is 0 Å². The van der Waals surface area contributed by atoms with Gasteiger partial charge in [0, 0.05) is 56.8 Å². The molecule has 58 heavy (non-hydrogen) atoms. The van der Waals surface area contributed by atoms with E-state index in [1.807, 2.05) is 22.7 Å². The van der Waals surface area contributed by atoms with Gasteiger partial charge in [0.15, 0.2) is 0 Å². The van der Waals surface area contributed by atoms with E-state index in [-0.39, 0.29) is 0 Å². The third-order valence-electron chi connectivity index (χ3n) is 11.6. The average molecular weight is 775 g/mol. The highest BCUT2D eigenvalue weighted by Gasteiger charge is 2.27. The molecule has 0 saturated heterocycles. The van der Waals surface area contributed by atoms with Gasteiger partial charge in [0.25, 0.3) is 0 Å². The number of anilines is 3. The molecule has 0 radical (unpaired) electrons. The Morgan fingerprint density at radius 3 is 1.76 bits per heavy atom. The number of rotatable bonds is 6. The molecule has 0 aliphatic rings. The van der Waals surface area contributed by atoms with Gasteiger partial charge in [-0.3, -0.25) is 0 Å². The van der Waals surface area contributed by atoms with Crippen molar-refractivity contribution in [1.29, 1.82) is 0 Å². The molecule has 3 aromatic heterocycles. The Labute approximate surface area is 343 Å². The van der Waals surface area contributed by atoms with E-state index in [4.69, 9.17) is 0 Å². The number of benzene rings is 9. The Bertz CT molecular complexity index is 3500. The summed E-state index contributed by atoms with van der Waals surface area (Å²) in [6.07, 6.45) is 0. The highest BCUT2D eigenvalue weighted by molar-refractivity contribution is 7.26. The Kier molecular flexibility index (Phi) is 7.62. The van der Waals surface area contributed by atoms with Gasteiger partial charge in [-0.1, -0.05) is 146 Å². The van der Waals surface area contributed by atoms with E-state index >= 15 is 0 Å². The summed E-state index contributed by atoms with van der Waals surface area (Å²) < 4.78 is 7.56. The fourth-order valence-electron chi connectivity index (χ4n) is 9.08. The minimum absolute atomic E-state index is 1.15. The summed E-state index contributed by atoms with van der Waals surface area (Å²) in [5.41, 5.74) is 11.9.